The van der Waals surface area contributed by atoms with Crippen LogP contribution >= 0.6 is 0 Å². The molecule has 68 valence electrons. The third kappa shape index (κ3) is 0.854. The Morgan fingerprint density at radius 3 is 2.54 bits per heavy atom. The summed E-state index contributed by atoms with van der Waals surface area (Å²) in [5, 5.41) is 17.7. The van der Waals surface area contributed by atoms with Crippen molar-refractivity contribution in [3.05, 3.63) is 23.8 Å². The molecular formula is C9H8O4. The first-order chi connectivity index (χ1) is 6.06. The number of hydrogen-bond acceptors (Lipinski definition) is 2. The summed E-state index contributed by atoms with van der Waals surface area (Å²) in [7, 11) is 0. The van der Waals surface area contributed by atoms with Crippen molar-refractivity contribution < 1.29 is 19.8 Å². The molecule has 0 aromatic heterocycles. The first-order valence-corrected chi connectivity index (χ1v) is 3.94. The Bertz CT molecular complexity index is 353. The SMILES string of the molecule is O=C(O)C1=CC2C=CC1(C(=O)O)C2. The van der Waals surface area contributed by atoms with E-state index >= 15 is 0 Å². The summed E-state index contributed by atoms with van der Waals surface area (Å²) < 4.78 is 0. The minimum atomic E-state index is -1.25. The molecular weight excluding hydrogens is 172 g/mol. The predicted octanol–water partition coefficient (Wildman–Crippen LogP) is 0.658. The van der Waals surface area contributed by atoms with Crippen molar-refractivity contribution in [2.45, 2.75) is 6.42 Å². The van der Waals surface area contributed by atoms with Crippen molar-refractivity contribution in [2.24, 2.45) is 11.3 Å². The maximum Gasteiger partial charge on any atom is 0.332 e. The molecule has 0 saturated heterocycles. The van der Waals surface area contributed by atoms with Gasteiger partial charge in [0, 0.05) is 0 Å². The van der Waals surface area contributed by atoms with E-state index in [-0.39, 0.29) is 11.5 Å². The fourth-order valence-corrected chi connectivity index (χ4v) is 2.01. The van der Waals surface area contributed by atoms with Gasteiger partial charge in [-0.05, 0) is 12.3 Å². The van der Waals surface area contributed by atoms with E-state index in [1.54, 1.807) is 6.08 Å². The quantitative estimate of drug-likeness (QED) is 0.612. The number of carboxylic acid groups (broad SMARTS) is 2. The third-order valence-corrected chi connectivity index (χ3v) is 2.66. The Morgan fingerprint density at radius 1 is 1.46 bits per heavy atom. The van der Waals surface area contributed by atoms with E-state index in [1.165, 1.54) is 12.2 Å². The Morgan fingerprint density at radius 2 is 2.15 bits per heavy atom. The number of fused-ring (bicyclic) bond motifs is 2. The lowest BCUT2D eigenvalue weighted by atomic mass is 9.83. The van der Waals surface area contributed by atoms with E-state index in [2.05, 4.69) is 0 Å². The fourth-order valence-electron chi connectivity index (χ4n) is 2.01. The molecule has 0 heterocycles. The Hall–Kier alpha value is -1.58. The number of rotatable bonds is 2. The maximum atomic E-state index is 10.9. The summed E-state index contributed by atoms with van der Waals surface area (Å²) in [6.45, 7) is 0. The van der Waals surface area contributed by atoms with Crippen LogP contribution in [-0.4, -0.2) is 22.2 Å². The zero-order valence-electron chi connectivity index (χ0n) is 6.73. The highest BCUT2D eigenvalue weighted by Crippen LogP contribution is 2.49. The highest BCUT2D eigenvalue weighted by atomic mass is 16.4. The zero-order chi connectivity index (χ0) is 9.64. The minimum Gasteiger partial charge on any atom is -0.480 e. The van der Waals surface area contributed by atoms with Gasteiger partial charge in [-0.1, -0.05) is 18.2 Å². The van der Waals surface area contributed by atoms with Gasteiger partial charge >= 0.3 is 11.9 Å². The van der Waals surface area contributed by atoms with Crippen LogP contribution in [0.3, 0.4) is 0 Å². The van der Waals surface area contributed by atoms with Gasteiger partial charge in [0.05, 0.1) is 5.57 Å². The normalized spacial score (nSPS) is 34.8. The van der Waals surface area contributed by atoms with Crippen LogP contribution in [0.5, 0.6) is 0 Å². The zero-order valence-corrected chi connectivity index (χ0v) is 6.73. The second kappa shape index (κ2) is 2.22. The summed E-state index contributed by atoms with van der Waals surface area (Å²) >= 11 is 0. The largest absolute Gasteiger partial charge is 0.480 e. The van der Waals surface area contributed by atoms with Crippen LogP contribution in [0.1, 0.15) is 6.42 Å². The lowest BCUT2D eigenvalue weighted by molar-refractivity contribution is -0.147. The Balaban J connectivity index is 2.48. The molecule has 0 radical (unpaired) electrons. The van der Waals surface area contributed by atoms with Gasteiger partial charge in [-0.2, -0.15) is 0 Å². The summed E-state index contributed by atoms with van der Waals surface area (Å²) in [5.41, 5.74) is -1.25. The first-order valence-electron chi connectivity index (χ1n) is 3.94. The molecule has 2 aliphatic carbocycles. The van der Waals surface area contributed by atoms with Crippen LogP contribution in [0.15, 0.2) is 23.8 Å². The van der Waals surface area contributed by atoms with Gasteiger partial charge in [-0.3, -0.25) is 4.79 Å². The number of hydrogen-bond donors (Lipinski definition) is 2. The molecule has 13 heavy (non-hydrogen) atoms. The Kier molecular flexibility index (Phi) is 1.37. The van der Waals surface area contributed by atoms with Crippen molar-refractivity contribution >= 4 is 11.9 Å². The molecule has 2 atom stereocenters. The van der Waals surface area contributed by atoms with E-state index in [9.17, 15) is 9.59 Å². The summed E-state index contributed by atoms with van der Waals surface area (Å²) in [4.78, 5) is 21.7. The van der Waals surface area contributed by atoms with Crippen LogP contribution in [0.4, 0.5) is 0 Å². The van der Waals surface area contributed by atoms with E-state index in [0.29, 0.717) is 6.42 Å². The number of aliphatic carboxylic acids is 2. The smallest absolute Gasteiger partial charge is 0.332 e. The molecule has 4 heteroatoms. The lowest BCUT2D eigenvalue weighted by Gasteiger charge is -2.19. The van der Waals surface area contributed by atoms with Crippen LogP contribution in [-0.2, 0) is 9.59 Å². The number of carbonyl (C=O) groups is 2. The topological polar surface area (TPSA) is 74.6 Å². The second-order valence-electron chi connectivity index (χ2n) is 3.39. The number of allylic oxidation sites excluding steroid dienone is 2. The molecule has 2 bridgehead atoms. The highest BCUT2D eigenvalue weighted by Gasteiger charge is 2.51. The van der Waals surface area contributed by atoms with Gasteiger partial charge in [0.1, 0.15) is 5.41 Å². The molecule has 0 aromatic carbocycles. The minimum absolute atomic E-state index is 0.00694. The summed E-state index contributed by atoms with van der Waals surface area (Å²) in [5.74, 6) is -2.21. The van der Waals surface area contributed by atoms with Gasteiger partial charge in [-0.25, -0.2) is 4.79 Å². The van der Waals surface area contributed by atoms with Crippen LogP contribution in [0.2, 0.25) is 0 Å². The van der Waals surface area contributed by atoms with Crippen molar-refractivity contribution in [1.82, 2.24) is 0 Å². The molecule has 2 rings (SSSR count). The van der Waals surface area contributed by atoms with Crippen molar-refractivity contribution in [3.63, 3.8) is 0 Å². The second-order valence-corrected chi connectivity index (χ2v) is 3.39. The average molecular weight is 180 g/mol. The van der Waals surface area contributed by atoms with Crippen LogP contribution in [0.25, 0.3) is 0 Å². The van der Waals surface area contributed by atoms with Crippen molar-refractivity contribution in [2.75, 3.05) is 0 Å². The van der Waals surface area contributed by atoms with Crippen LogP contribution < -0.4 is 0 Å². The Labute approximate surface area is 74.2 Å². The molecule has 4 nitrogen and oxygen atoms in total. The molecule has 2 aliphatic rings. The standard InChI is InChI=1S/C9H8O4/c10-7(11)6-3-5-1-2-9(6,4-5)8(12)13/h1-3,5H,4H2,(H,10,11)(H,12,13). The van der Waals surface area contributed by atoms with Gasteiger partial charge in [-0.15, -0.1) is 0 Å². The summed E-state index contributed by atoms with van der Waals surface area (Å²) in [6, 6.07) is 0. The summed E-state index contributed by atoms with van der Waals surface area (Å²) in [6.07, 6.45) is 5.13. The van der Waals surface area contributed by atoms with E-state index in [4.69, 9.17) is 10.2 Å². The van der Waals surface area contributed by atoms with Crippen molar-refractivity contribution in [3.8, 4) is 0 Å². The lowest BCUT2D eigenvalue weighted by Crippen LogP contribution is -2.30. The molecule has 0 spiro atoms. The van der Waals surface area contributed by atoms with Crippen LogP contribution in [0, 0.1) is 11.3 Å². The van der Waals surface area contributed by atoms with Gasteiger partial charge in [0.15, 0.2) is 0 Å². The third-order valence-electron chi connectivity index (χ3n) is 2.66. The maximum absolute atomic E-state index is 10.9. The van der Waals surface area contributed by atoms with Crippen molar-refractivity contribution in [1.29, 1.82) is 0 Å². The predicted molar refractivity (Wildman–Crippen MR) is 43.0 cm³/mol. The van der Waals surface area contributed by atoms with Gasteiger partial charge in [0.25, 0.3) is 0 Å². The molecule has 0 saturated carbocycles. The average Bonchev–Trinajstić information content (AvgIpc) is 2.60. The molecule has 0 aliphatic heterocycles. The van der Waals surface area contributed by atoms with Gasteiger partial charge in [0.2, 0.25) is 0 Å². The molecule has 0 amide bonds. The molecule has 0 fully saturated rings. The fraction of sp³-hybridized carbons (Fsp3) is 0.333. The molecule has 2 unspecified atom stereocenters. The highest BCUT2D eigenvalue weighted by molar-refractivity contribution is 5.99. The number of carboxylic acids is 2. The molecule has 2 N–H and O–H groups in total. The monoisotopic (exact) mass is 180 g/mol. The van der Waals surface area contributed by atoms with E-state index in [0.717, 1.165) is 0 Å². The van der Waals surface area contributed by atoms with E-state index in [1.807, 2.05) is 0 Å². The first kappa shape index (κ1) is 8.04. The molecule has 0 aromatic rings. The van der Waals surface area contributed by atoms with Gasteiger partial charge < -0.3 is 10.2 Å². The van der Waals surface area contributed by atoms with E-state index < -0.39 is 17.4 Å².